The van der Waals surface area contributed by atoms with Crippen molar-refractivity contribution < 1.29 is 14.5 Å². The van der Waals surface area contributed by atoms with Crippen LogP contribution in [0.4, 0.5) is 0 Å². The Morgan fingerprint density at radius 1 is 1.46 bits per heavy atom. The quantitative estimate of drug-likeness (QED) is 0.572. The molecule has 2 saturated heterocycles. The molecule has 0 aromatic heterocycles. The fourth-order valence-electron chi connectivity index (χ4n) is 2.35. The Balaban J connectivity index is 2.10. The predicted molar refractivity (Wildman–Crippen MR) is 47.1 cm³/mol. The third-order valence-electron chi connectivity index (χ3n) is 2.87. The lowest BCUT2D eigenvalue weighted by Gasteiger charge is -2.28. The van der Waals surface area contributed by atoms with Crippen molar-refractivity contribution in [2.45, 2.75) is 51.2 Å². The van der Waals surface area contributed by atoms with E-state index in [1.807, 2.05) is 20.8 Å². The van der Waals surface area contributed by atoms with Crippen molar-refractivity contribution in [2.24, 2.45) is 0 Å². The zero-order valence-electron chi connectivity index (χ0n) is 8.37. The van der Waals surface area contributed by atoms with Gasteiger partial charge < -0.3 is 19.7 Å². The van der Waals surface area contributed by atoms with Crippen LogP contribution in [0.1, 0.15) is 27.2 Å². The maximum Gasteiger partial charge on any atom is 0.164 e. The normalized spacial score (nSPS) is 48.0. The van der Waals surface area contributed by atoms with E-state index < -0.39 is 5.79 Å². The molecule has 13 heavy (non-hydrogen) atoms. The second-order valence-corrected chi connectivity index (χ2v) is 4.32. The lowest BCUT2D eigenvalue weighted by atomic mass is 10.1. The summed E-state index contributed by atoms with van der Waals surface area (Å²) >= 11 is 0. The van der Waals surface area contributed by atoms with Crippen LogP contribution in [0, 0.1) is 5.21 Å². The molecule has 0 radical (unpaired) electrons. The van der Waals surface area contributed by atoms with Crippen molar-refractivity contribution in [1.82, 2.24) is 0 Å². The van der Waals surface area contributed by atoms with E-state index in [1.54, 1.807) is 0 Å². The van der Waals surface area contributed by atoms with Crippen molar-refractivity contribution in [3.8, 4) is 0 Å². The number of hydroxylamine groups is 2. The number of fused-ring (bicyclic) bond motifs is 1. The van der Waals surface area contributed by atoms with Gasteiger partial charge in [0, 0.05) is 0 Å². The average molecular weight is 187 g/mol. The van der Waals surface area contributed by atoms with Crippen LogP contribution in [0.2, 0.25) is 0 Å². The summed E-state index contributed by atoms with van der Waals surface area (Å²) in [6.45, 7) is 6.37. The highest BCUT2D eigenvalue weighted by atomic mass is 16.8. The van der Waals surface area contributed by atoms with Gasteiger partial charge in [-0.15, -0.1) is 0 Å². The highest BCUT2D eigenvalue weighted by Crippen LogP contribution is 2.31. The number of ether oxygens (including phenoxy) is 2. The molecule has 0 amide bonds. The molecule has 2 aliphatic rings. The summed E-state index contributed by atoms with van der Waals surface area (Å²) in [4.78, 5) is 0. The van der Waals surface area contributed by atoms with E-state index in [0.29, 0.717) is 11.6 Å². The Labute approximate surface area is 78.4 Å². The molecule has 2 heterocycles. The molecule has 0 aliphatic carbocycles. The second-order valence-electron chi connectivity index (χ2n) is 4.32. The van der Waals surface area contributed by atoms with E-state index >= 15 is 0 Å². The Kier molecular flexibility index (Phi) is 2.11. The van der Waals surface area contributed by atoms with Gasteiger partial charge in [-0.3, -0.25) is 0 Å². The maximum atomic E-state index is 11.5. The van der Waals surface area contributed by atoms with E-state index in [9.17, 15) is 5.21 Å². The third kappa shape index (κ3) is 1.48. The van der Waals surface area contributed by atoms with E-state index in [4.69, 9.17) is 9.47 Å². The summed E-state index contributed by atoms with van der Waals surface area (Å²) < 4.78 is 11.3. The minimum Gasteiger partial charge on any atom is -0.634 e. The van der Waals surface area contributed by atoms with E-state index in [-0.39, 0.29) is 18.2 Å². The van der Waals surface area contributed by atoms with Gasteiger partial charge in [0.25, 0.3) is 0 Å². The molecular formula is C9H17NO3. The number of hydrogen-bond acceptors (Lipinski definition) is 3. The molecule has 1 unspecified atom stereocenters. The minimum atomic E-state index is -0.497. The van der Waals surface area contributed by atoms with Crippen molar-refractivity contribution in [2.75, 3.05) is 6.54 Å². The fourth-order valence-corrected chi connectivity index (χ4v) is 2.35. The molecule has 4 atom stereocenters. The standard InChI is InChI=1S/C9H17NO3/c1-4-6-8-7(5-10(6)11)12-9(2,3)13-8/h6-8,10H,4-5H2,1-3H3/t6-,7+,8-/m1/s1. The molecule has 76 valence electrons. The number of nitrogens with one attached hydrogen (secondary N) is 1. The second kappa shape index (κ2) is 2.92. The number of quaternary nitrogens is 1. The first-order chi connectivity index (χ1) is 6.03. The highest BCUT2D eigenvalue weighted by molar-refractivity contribution is 4.90. The van der Waals surface area contributed by atoms with Crippen LogP contribution in [0.5, 0.6) is 0 Å². The van der Waals surface area contributed by atoms with Crippen molar-refractivity contribution in [3.63, 3.8) is 0 Å². The summed E-state index contributed by atoms with van der Waals surface area (Å²) in [6.07, 6.45) is 0.874. The van der Waals surface area contributed by atoms with Crippen molar-refractivity contribution in [3.05, 3.63) is 5.21 Å². The smallest absolute Gasteiger partial charge is 0.164 e. The average Bonchev–Trinajstić information content (AvgIpc) is 2.39. The van der Waals surface area contributed by atoms with E-state index in [0.717, 1.165) is 6.42 Å². The van der Waals surface area contributed by atoms with Crippen molar-refractivity contribution >= 4 is 0 Å². The van der Waals surface area contributed by atoms with Crippen LogP contribution < -0.4 is 5.06 Å². The van der Waals surface area contributed by atoms with Gasteiger partial charge >= 0.3 is 0 Å². The molecule has 0 bridgehead atoms. The molecule has 4 nitrogen and oxygen atoms in total. The van der Waals surface area contributed by atoms with E-state index in [2.05, 4.69) is 0 Å². The van der Waals surface area contributed by atoms with Crippen LogP contribution in [0.3, 0.4) is 0 Å². The summed E-state index contributed by atoms with van der Waals surface area (Å²) in [7, 11) is 0. The van der Waals surface area contributed by atoms with Crippen LogP contribution in [0.15, 0.2) is 0 Å². The Bertz CT molecular complexity index is 207. The van der Waals surface area contributed by atoms with Gasteiger partial charge in [0.15, 0.2) is 5.79 Å². The number of hydrogen-bond donors (Lipinski definition) is 1. The SMILES string of the molecule is CC[C@@H]1[C@H]2OC(C)(C)O[C@H]2C[NH+]1[O-]. The molecule has 0 saturated carbocycles. The van der Waals surface area contributed by atoms with Gasteiger partial charge in [0.05, 0.1) is 0 Å². The largest absolute Gasteiger partial charge is 0.634 e. The first-order valence-electron chi connectivity index (χ1n) is 4.92. The predicted octanol–water partition coefficient (Wildman–Crippen LogP) is -0.319. The highest BCUT2D eigenvalue weighted by Gasteiger charge is 2.52. The lowest BCUT2D eigenvalue weighted by molar-refractivity contribution is -0.866. The molecule has 0 aromatic carbocycles. The molecule has 1 N–H and O–H groups in total. The molecule has 4 heteroatoms. The molecule has 0 spiro atoms. The van der Waals surface area contributed by atoms with E-state index in [1.165, 1.54) is 0 Å². The van der Waals surface area contributed by atoms with Crippen molar-refractivity contribution in [1.29, 1.82) is 0 Å². The maximum absolute atomic E-state index is 11.5. The third-order valence-corrected chi connectivity index (χ3v) is 2.87. The zero-order chi connectivity index (χ0) is 9.64. The minimum absolute atomic E-state index is 0.00690. The van der Waals surface area contributed by atoms with Crippen LogP contribution in [0.25, 0.3) is 0 Å². The fraction of sp³-hybridized carbons (Fsp3) is 1.00. The van der Waals surface area contributed by atoms with Crippen LogP contribution in [-0.4, -0.2) is 30.6 Å². The molecule has 2 aliphatic heterocycles. The summed E-state index contributed by atoms with van der Waals surface area (Å²) in [5, 5.41) is 11.8. The van der Waals surface area contributed by atoms with Crippen LogP contribution >= 0.6 is 0 Å². The molecule has 0 aromatic rings. The van der Waals surface area contributed by atoms with Gasteiger partial charge in [-0.2, -0.15) is 0 Å². The topological polar surface area (TPSA) is 46.0 Å². The Morgan fingerprint density at radius 2 is 2.15 bits per heavy atom. The summed E-state index contributed by atoms with van der Waals surface area (Å²) in [5.74, 6) is -0.497. The van der Waals surface area contributed by atoms with Gasteiger partial charge in [-0.25, -0.2) is 0 Å². The first kappa shape index (κ1) is 9.40. The summed E-state index contributed by atoms with van der Waals surface area (Å²) in [6, 6.07) is 0.0618. The van der Waals surface area contributed by atoms with Gasteiger partial charge in [-0.1, -0.05) is 6.92 Å². The Hall–Kier alpha value is -0.160. The number of rotatable bonds is 1. The van der Waals surface area contributed by atoms with Gasteiger partial charge in [-0.05, 0) is 20.3 Å². The monoisotopic (exact) mass is 187 g/mol. The summed E-state index contributed by atoms with van der Waals surface area (Å²) in [5.41, 5.74) is 0. The Morgan fingerprint density at radius 3 is 2.77 bits per heavy atom. The molecule has 2 rings (SSSR count). The molecular weight excluding hydrogens is 170 g/mol. The van der Waals surface area contributed by atoms with Crippen LogP contribution in [-0.2, 0) is 9.47 Å². The lowest BCUT2D eigenvalue weighted by Crippen LogP contribution is -3.10. The van der Waals surface area contributed by atoms with Gasteiger partial charge in [0.1, 0.15) is 24.8 Å². The zero-order valence-corrected chi connectivity index (χ0v) is 8.37. The van der Waals surface area contributed by atoms with Gasteiger partial charge in [0.2, 0.25) is 0 Å². The first-order valence-corrected chi connectivity index (χ1v) is 4.92. The molecule has 2 fully saturated rings.